The highest BCUT2D eigenvalue weighted by atomic mass is 19.4. The van der Waals surface area contributed by atoms with Crippen LogP contribution < -0.4 is 5.73 Å². The molecule has 0 aliphatic heterocycles. The lowest BCUT2D eigenvalue weighted by atomic mass is 10.1. The van der Waals surface area contributed by atoms with Crippen molar-refractivity contribution in [1.29, 1.82) is 0 Å². The van der Waals surface area contributed by atoms with Crippen LogP contribution in [-0.2, 0) is 12.7 Å². The van der Waals surface area contributed by atoms with Crippen LogP contribution in [0.2, 0.25) is 0 Å². The summed E-state index contributed by atoms with van der Waals surface area (Å²) in [4.78, 5) is 0. The molecule has 1 aromatic heterocycles. The number of nitrogens with zero attached hydrogens (tertiary/aromatic N) is 4. The maximum Gasteiger partial charge on any atom is 0.416 e. The largest absolute Gasteiger partial charge is 0.416 e. The molecule has 0 unspecified atom stereocenters. The van der Waals surface area contributed by atoms with Crippen molar-refractivity contribution in [2.75, 3.05) is 0 Å². The Morgan fingerprint density at radius 2 is 2.06 bits per heavy atom. The van der Waals surface area contributed by atoms with E-state index in [4.69, 9.17) is 5.73 Å². The average Bonchev–Trinajstić information content (AvgIpc) is 2.76. The van der Waals surface area contributed by atoms with Gasteiger partial charge in [0.1, 0.15) is 0 Å². The summed E-state index contributed by atoms with van der Waals surface area (Å²) in [5.74, 6) is 0.298. The third-order valence-corrected chi connectivity index (χ3v) is 2.49. The van der Waals surface area contributed by atoms with Crippen LogP contribution in [0.3, 0.4) is 0 Å². The van der Waals surface area contributed by atoms with E-state index in [1.807, 2.05) is 0 Å². The number of hydrogen-bond acceptors (Lipinski definition) is 4. The van der Waals surface area contributed by atoms with Gasteiger partial charge in [-0.15, -0.1) is 5.10 Å². The van der Waals surface area contributed by atoms with Crippen LogP contribution in [-0.4, -0.2) is 20.2 Å². The lowest BCUT2D eigenvalue weighted by Crippen LogP contribution is -2.11. The third-order valence-electron chi connectivity index (χ3n) is 2.49. The van der Waals surface area contributed by atoms with E-state index < -0.39 is 11.7 Å². The second-order valence-electron chi connectivity index (χ2n) is 3.71. The molecule has 0 bridgehead atoms. The van der Waals surface area contributed by atoms with Crippen molar-refractivity contribution in [3.63, 3.8) is 0 Å². The van der Waals surface area contributed by atoms with Crippen LogP contribution in [0.1, 0.15) is 17.0 Å². The van der Waals surface area contributed by atoms with Crippen LogP contribution >= 0.6 is 0 Å². The fourth-order valence-electron chi connectivity index (χ4n) is 1.58. The van der Waals surface area contributed by atoms with Crippen molar-refractivity contribution in [3.05, 3.63) is 35.2 Å². The number of rotatable bonds is 2. The fourth-order valence-corrected chi connectivity index (χ4v) is 1.58. The van der Waals surface area contributed by atoms with E-state index >= 15 is 0 Å². The van der Waals surface area contributed by atoms with E-state index in [0.29, 0.717) is 5.82 Å². The Balaban J connectivity index is 2.54. The van der Waals surface area contributed by atoms with Crippen LogP contribution in [0.25, 0.3) is 5.69 Å². The Labute approximate surface area is 100 Å². The van der Waals surface area contributed by atoms with Gasteiger partial charge in [-0.3, -0.25) is 0 Å². The van der Waals surface area contributed by atoms with Crippen LogP contribution in [0.15, 0.2) is 18.2 Å². The average molecular weight is 257 g/mol. The SMILES string of the molecule is Cc1ccc(-n2nnnc2CN)cc1C(F)(F)F. The number of benzene rings is 1. The number of nitrogens with two attached hydrogens (primary N) is 1. The van der Waals surface area contributed by atoms with Gasteiger partial charge in [0.25, 0.3) is 0 Å². The molecule has 0 amide bonds. The van der Waals surface area contributed by atoms with Gasteiger partial charge in [-0.25, -0.2) is 0 Å². The number of hydrogen-bond donors (Lipinski definition) is 1. The van der Waals surface area contributed by atoms with Crippen molar-refractivity contribution in [2.45, 2.75) is 19.6 Å². The summed E-state index contributed by atoms with van der Waals surface area (Å²) in [6.45, 7) is 1.44. The van der Waals surface area contributed by atoms with Crippen molar-refractivity contribution in [1.82, 2.24) is 20.2 Å². The molecular weight excluding hydrogens is 247 g/mol. The molecule has 18 heavy (non-hydrogen) atoms. The lowest BCUT2D eigenvalue weighted by Gasteiger charge is -2.12. The lowest BCUT2D eigenvalue weighted by molar-refractivity contribution is -0.138. The maximum absolute atomic E-state index is 12.8. The summed E-state index contributed by atoms with van der Waals surface area (Å²) in [5.41, 5.74) is 5.07. The third kappa shape index (κ3) is 2.19. The molecule has 2 rings (SSSR count). The van der Waals surface area contributed by atoms with Crippen molar-refractivity contribution < 1.29 is 13.2 Å². The highest BCUT2D eigenvalue weighted by molar-refractivity contribution is 5.41. The summed E-state index contributed by atoms with van der Waals surface area (Å²) in [6.07, 6.45) is -4.41. The summed E-state index contributed by atoms with van der Waals surface area (Å²) in [7, 11) is 0. The van der Waals surface area contributed by atoms with E-state index in [2.05, 4.69) is 15.5 Å². The summed E-state index contributed by atoms with van der Waals surface area (Å²) in [5, 5.41) is 10.6. The number of aromatic nitrogens is 4. The van der Waals surface area contributed by atoms with Gasteiger partial charge in [0.05, 0.1) is 17.8 Å². The van der Waals surface area contributed by atoms with Gasteiger partial charge in [0.2, 0.25) is 0 Å². The zero-order valence-corrected chi connectivity index (χ0v) is 9.44. The molecule has 96 valence electrons. The van der Waals surface area contributed by atoms with E-state index in [-0.39, 0.29) is 17.8 Å². The van der Waals surface area contributed by atoms with Gasteiger partial charge >= 0.3 is 6.18 Å². The molecule has 0 fully saturated rings. The molecule has 0 atom stereocenters. The summed E-state index contributed by atoms with van der Waals surface area (Å²) >= 11 is 0. The maximum atomic E-state index is 12.8. The highest BCUT2D eigenvalue weighted by Gasteiger charge is 2.32. The number of alkyl halides is 3. The second kappa shape index (κ2) is 4.37. The summed E-state index contributed by atoms with van der Waals surface area (Å²) in [6, 6.07) is 3.89. The zero-order chi connectivity index (χ0) is 13.3. The van der Waals surface area contributed by atoms with E-state index in [0.717, 1.165) is 6.07 Å². The van der Waals surface area contributed by atoms with Crippen molar-refractivity contribution in [2.24, 2.45) is 5.73 Å². The molecule has 5 nitrogen and oxygen atoms in total. The first-order valence-electron chi connectivity index (χ1n) is 5.09. The van der Waals surface area contributed by atoms with E-state index in [1.54, 1.807) is 0 Å². The van der Waals surface area contributed by atoms with Crippen LogP contribution in [0.5, 0.6) is 0 Å². The Morgan fingerprint density at radius 3 is 2.67 bits per heavy atom. The van der Waals surface area contributed by atoms with Crippen molar-refractivity contribution in [3.8, 4) is 5.69 Å². The minimum absolute atomic E-state index is 0.0439. The van der Waals surface area contributed by atoms with Crippen LogP contribution in [0.4, 0.5) is 13.2 Å². The topological polar surface area (TPSA) is 69.6 Å². The minimum Gasteiger partial charge on any atom is -0.324 e. The second-order valence-corrected chi connectivity index (χ2v) is 3.71. The number of tetrazole rings is 1. The quantitative estimate of drug-likeness (QED) is 0.884. The number of halogens is 3. The first-order chi connectivity index (χ1) is 8.43. The first-order valence-corrected chi connectivity index (χ1v) is 5.09. The Morgan fingerprint density at radius 1 is 1.33 bits per heavy atom. The molecule has 2 aromatic rings. The van der Waals surface area contributed by atoms with E-state index in [1.165, 1.54) is 23.7 Å². The molecule has 2 N–H and O–H groups in total. The molecule has 0 saturated heterocycles. The molecule has 0 aliphatic rings. The zero-order valence-electron chi connectivity index (χ0n) is 9.44. The molecule has 0 aliphatic carbocycles. The van der Waals surface area contributed by atoms with Gasteiger partial charge in [0, 0.05) is 0 Å². The molecule has 1 heterocycles. The fraction of sp³-hybridized carbons (Fsp3) is 0.300. The number of aryl methyl sites for hydroxylation is 1. The smallest absolute Gasteiger partial charge is 0.324 e. The molecule has 0 radical (unpaired) electrons. The molecule has 0 saturated carbocycles. The Bertz CT molecular complexity index is 561. The van der Waals surface area contributed by atoms with Gasteiger partial charge in [-0.2, -0.15) is 17.9 Å². The van der Waals surface area contributed by atoms with Gasteiger partial charge < -0.3 is 5.73 Å². The Hall–Kier alpha value is -1.96. The van der Waals surface area contributed by atoms with Crippen LogP contribution in [0, 0.1) is 6.92 Å². The standard InChI is InChI=1S/C10H10F3N5/c1-6-2-3-7(4-8(6)10(11,12)13)18-9(5-14)15-16-17-18/h2-4H,5,14H2,1H3. The van der Waals surface area contributed by atoms with Gasteiger partial charge in [-0.1, -0.05) is 6.07 Å². The molecule has 1 aromatic carbocycles. The summed E-state index contributed by atoms with van der Waals surface area (Å²) < 4.78 is 39.5. The predicted molar refractivity (Wildman–Crippen MR) is 56.8 cm³/mol. The molecular formula is C10H10F3N5. The normalized spacial score (nSPS) is 11.8. The monoisotopic (exact) mass is 257 g/mol. The Kier molecular flexibility index (Phi) is 3.04. The molecule has 0 spiro atoms. The minimum atomic E-state index is -4.41. The molecule has 8 heteroatoms. The van der Waals surface area contributed by atoms with E-state index in [9.17, 15) is 13.2 Å². The van der Waals surface area contributed by atoms with Crippen molar-refractivity contribution >= 4 is 0 Å². The highest BCUT2D eigenvalue weighted by Crippen LogP contribution is 2.32. The van der Waals surface area contributed by atoms with Gasteiger partial charge in [0.15, 0.2) is 5.82 Å². The predicted octanol–water partition coefficient (Wildman–Crippen LogP) is 1.45. The first kappa shape index (κ1) is 12.5. The van der Waals surface area contributed by atoms with Gasteiger partial charge in [-0.05, 0) is 35.0 Å².